The van der Waals surface area contributed by atoms with Crippen molar-refractivity contribution in [2.24, 2.45) is 4.99 Å². The van der Waals surface area contributed by atoms with Gasteiger partial charge >= 0.3 is 5.97 Å². The Kier molecular flexibility index (Phi) is 5.57. The molecule has 0 unspecified atom stereocenters. The van der Waals surface area contributed by atoms with Gasteiger partial charge in [-0.05, 0) is 59.3 Å². The number of aromatic hydroxyl groups is 1. The van der Waals surface area contributed by atoms with Crippen molar-refractivity contribution >= 4 is 45.4 Å². The van der Waals surface area contributed by atoms with Gasteiger partial charge in [0.2, 0.25) is 0 Å². The van der Waals surface area contributed by atoms with E-state index in [0.717, 1.165) is 0 Å². The summed E-state index contributed by atoms with van der Waals surface area (Å²) in [6.07, 6.45) is 1.51. The number of esters is 1. The summed E-state index contributed by atoms with van der Waals surface area (Å²) in [5, 5.41) is 10.4. The van der Waals surface area contributed by atoms with Crippen LogP contribution in [0.3, 0.4) is 0 Å². The van der Waals surface area contributed by atoms with E-state index in [4.69, 9.17) is 16.3 Å². The molecule has 2 aromatic rings. The predicted molar refractivity (Wildman–Crippen MR) is 90.5 cm³/mol. The summed E-state index contributed by atoms with van der Waals surface area (Å²) in [5.41, 5.74) is 1.60. The van der Waals surface area contributed by atoms with E-state index in [2.05, 4.69) is 20.9 Å². The molecule has 2 rings (SSSR count). The van der Waals surface area contributed by atoms with E-state index in [9.17, 15) is 9.90 Å². The number of phenols is 1. The second-order valence-electron chi connectivity index (χ2n) is 4.35. The van der Waals surface area contributed by atoms with Crippen LogP contribution in [0.25, 0.3) is 0 Å². The normalized spacial score (nSPS) is 10.9. The van der Waals surface area contributed by atoms with Crippen molar-refractivity contribution in [2.45, 2.75) is 6.92 Å². The molecule has 2 aromatic carbocycles. The highest BCUT2D eigenvalue weighted by Gasteiger charge is 2.07. The van der Waals surface area contributed by atoms with Gasteiger partial charge in [-0.1, -0.05) is 11.6 Å². The standard InChI is InChI=1S/C16H13BrClNO3/c1-2-22-16(21)10-3-5-13(6-4-10)19-9-11-7-12(18)8-14(17)15(11)20/h3-9,20H,2H2,1H3. The monoisotopic (exact) mass is 381 g/mol. The van der Waals surface area contributed by atoms with Crippen LogP contribution in [0.15, 0.2) is 45.9 Å². The highest BCUT2D eigenvalue weighted by Crippen LogP contribution is 2.30. The Morgan fingerprint density at radius 2 is 2.05 bits per heavy atom. The van der Waals surface area contributed by atoms with Crippen LogP contribution in [-0.2, 0) is 4.74 Å². The number of phenolic OH excluding ortho intramolecular Hbond substituents is 1. The molecular weight excluding hydrogens is 370 g/mol. The van der Waals surface area contributed by atoms with Crippen molar-refractivity contribution in [1.29, 1.82) is 0 Å². The van der Waals surface area contributed by atoms with E-state index in [1.165, 1.54) is 6.21 Å². The van der Waals surface area contributed by atoms with Crippen molar-refractivity contribution in [3.8, 4) is 5.75 Å². The van der Waals surface area contributed by atoms with Crippen LogP contribution in [0.5, 0.6) is 5.75 Å². The lowest BCUT2D eigenvalue weighted by Crippen LogP contribution is -2.03. The molecule has 0 aromatic heterocycles. The van der Waals surface area contributed by atoms with E-state index >= 15 is 0 Å². The molecule has 4 nitrogen and oxygen atoms in total. The van der Waals surface area contributed by atoms with Gasteiger partial charge in [-0.2, -0.15) is 0 Å². The highest BCUT2D eigenvalue weighted by molar-refractivity contribution is 9.10. The Morgan fingerprint density at radius 3 is 2.68 bits per heavy atom. The summed E-state index contributed by atoms with van der Waals surface area (Å²) in [4.78, 5) is 15.8. The summed E-state index contributed by atoms with van der Waals surface area (Å²) in [6, 6.07) is 9.87. The first kappa shape index (κ1) is 16.5. The molecule has 0 aliphatic rings. The summed E-state index contributed by atoms with van der Waals surface area (Å²) in [7, 11) is 0. The third-order valence-corrected chi connectivity index (χ3v) is 3.61. The predicted octanol–water partition coefficient (Wildman–Crippen LogP) is 4.74. The third kappa shape index (κ3) is 4.08. The molecule has 0 aliphatic carbocycles. The van der Waals surface area contributed by atoms with Gasteiger partial charge in [0, 0.05) is 16.8 Å². The number of hydrogen-bond acceptors (Lipinski definition) is 4. The maximum atomic E-state index is 11.5. The molecule has 0 fully saturated rings. The Hall–Kier alpha value is -1.85. The summed E-state index contributed by atoms with van der Waals surface area (Å²) in [6.45, 7) is 2.09. The molecule has 0 spiro atoms. The van der Waals surface area contributed by atoms with Crippen LogP contribution in [-0.4, -0.2) is 23.9 Å². The van der Waals surface area contributed by atoms with E-state index in [1.807, 2.05) is 0 Å². The number of aliphatic imine (C=N–C) groups is 1. The first-order valence-electron chi connectivity index (χ1n) is 6.50. The van der Waals surface area contributed by atoms with Crippen molar-refractivity contribution in [2.75, 3.05) is 6.61 Å². The smallest absolute Gasteiger partial charge is 0.338 e. The van der Waals surface area contributed by atoms with Gasteiger partial charge in [0.15, 0.2) is 0 Å². The van der Waals surface area contributed by atoms with Gasteiger partial charge in [0.25, 0.3) is 0 Å². The Balaban J connectivity index is 2.19. The lowest BCUT2D eigenvalue weighted by molar-refractivity contribution is 0.0526. The minimum absolute atomic E-state index is 0.0660. The number of benzene rings is 2. The molecule has 0 aliphatic heterocycles. The van der Waals surface area contributed by atoms with Crippen LogP contribution in [0.1, 0.15) is 22.8 Å². The van der Waals surface area contributed by atoms with Crippen LogP contribution in [0.4, 0.5) is 5.69 Å². The van der Waals surface area contributed by atoms with Gasteiger partial charge in [-0.3, -0.25) is 4.99 Å². The van der Waals surface area contributed by atoms with E-state index in [-0.39, 0.29) is 11.7 Å². The minimum atomic E-state index is -0.366. The van der Waals surface area contributed by atoms with Crippen molar-refractivity contribution in [3.63, 3.8) is 0 Å². The molecule has 0 radical (unpaired) electrons. The molecule has 0 amide bonds. The first-order chi connectivity index (χ1) is 10.5. The van der Waals surface area contributed by atoms with Gasteiger partial charge < -0.3 is 9.84 Å². The molecule has 0 bridgehead atoms. The van der Waals surface area contributed by atoms with E-state index in [0.29, 0.717) is 32.9 Å². The number of nitrogens with zero attached hydrogens (tertiary/aromatic N) is 1. The number of hydrogen-bond donors (Lipinski definition) is 1. The molecule has 1 N–H and O–H groups in total. The number of rotatable bonds is 4. The fourth-order valence-corrected chi connectivity index (χ4v) is 2.56. The molecule has 114 valence electrons. The lowest BCUT2D eigenvalue weighted by atomic mass is 10.2. The summed E-state index contributed by atoms with van der Waals surface area (Å²) < 4.78 is 5.41. The van der Waals surface area contributed by atoms with Crippen molar-refractivity contribution < 1.29 is 14.6 Å². The van der Waals surface area contributed by atoms with Gasteiger partial charge in [-0.25, -0.2) is 4.79 Å². The molecular formula is C16H13BrClNO3. The van der Waals surface area contributed by atoms with Gasteiger partial charge in [0.05, 0.1) is 22.3 Å². The van der Waals surface area contributed by atoms with Crippen LogP contribution in [0.2, 0.25) is 5.02 Å². The fraction of sp³-hybridized carbons (Fsp3) is 0.125. The summed E-state index contributed by atoms with van der Waals surface area (Å²) in [5.74, 6) is -0.300. The lowest BCUT2D eigenvalue weighted by Gasteiger charge is -2.03. The van der Waals surface area contributed by atoms with E-state index < -0.39 is 0 Å². The maximum absolute atomic E-state index is 11.5. The van der Waals surface area contributed by atoms with Crippen LogP contribution < -0.4 is 0 Å². The number of ether oxygens (including phenoxy) is 1. The zero-order valence-corrected chi connectivity index (χ0v) is 14.1. The molecule has 0 atom stereocenters. The number of carbonyl (C=O) groups excluding carboxylic acids is 1. The molecule has 22 heavy (non-hydrogen) atoms. The number of halogens is 2. The third-order valence-electron chi connectivity index (χ3n) is 2.79. The zero-order chi connectivity index (χ0) is 16.1. The van der Waals surface area contributed by atoms with E-state index in [1.54, 1.807) is 43.3 Å². The van der Waals surface area contributed by atoms with Crippen LogP contribution in [0, 0.1) is 0 Å². The Labute approximate surface area is 141 Å². The minimum Gasteiger partial charge on any atom is -0.506 e. The second kappa shape index (κ2) is 7.42. The first-order valence-corrected chi connectivity index (χ1v) is 7.67. The molecule has 0 saturated carbocycles. The van der Waals surface area contributed by atoms with Crippen molar-refractivity contribution in [1.82, 2.24) is 0 Å². The van der Waals surface area contributed by atoms with Gasteiger partial charge in [-0.15, -0.1) is 0 Å². The molecule has 6 heteroatoms. The SMILES string of the molecule is CCOC(=O)c1ccc(N=Cc2cc(Cl)cc(Br)c2O)cc1. The second-order valence-corrected chi connectivity index (χ2v) is 5.64. The Bertz CT molecular complexity index is 714. The quantitative estimate of drug-likeness (QED) is 0.614. The summed E-state index contributed by atoms with van der Waals surface area (Å²) >= 11 is 9.15. The Morgan fingerprint density at radius 1 is 1.36 bits per heavy atom. The number of carbonyl (C=O) groups is 1. The topological polar surface area (TPSA) is 58.9 Å². The molecule has 0 heterocycles. The fourth-order valence-electron chi connectivity index (χ4n) is 1.73. The van der Waals surface area contributed by atoms with Crippen molar-refractivity contribution in [3.05, 3.63) is 57.0 Å². The molecule has 0 saturated heterocycles. The average molecular weight is 383 g/mol. The average Bonchev–Trinajstić information content (AvgIpc) is 2.50. The largest absolute Gasteiger partial charge is 0.506 e. The highest BCUT2D eigenvalue weighted by atomic mass is 79.9. The zero-order valence-electron chi connectivity index (χ0n) is 11.7. The van der Waals surface area contributed by atoms with Gasteiger partial charge in [0.1, 0.15) is 5.75 Å². The van der Waals surface area contributed by atoms with Crippen LogP contribution >= 0.6 is 27.5 Å². The maximum Gasteiger partial charge on any atom is 0.338 e.